The van der Waals surface area contributed by atoms with Crippen LogP contribution in [0.4, 0.5) is 5.82 Å². The minimum absolute atomic E-state index is 0.0313. The second-order valence-electron chi connectivity index (χ2n) is 6.64. The van der Waals surface area contributed by atoms with Gasteiger partial charge in [0.25, 0.3) is 0 Å². The zero-order valence-electron chi connectivity index (χ0n) is 12.5. The molecule has 0 unspecified atom stereocenters. The maximum atomic E-state index is 12.0. The Balaban J connectivity index is 2.19. The molecule has 20 heavy (non-hydrogen) atoms. The van der Waals surface area contributed by atoms with Crippen LogP contribution >= 0.6 is 0 Å². The standard InChI is InChI=1S/C15H21N3O2/c1-9(2)5-13(20)18-12-8-16-14-10(17-12)6-15(3,4)7-11(14)19/h8-9H,5-7H2,1-4H3,(H,17,18,20). The van der Waals surface area contributed by atoms with Crippen LogP contribution in [-0.4, -0.2) is 21.7 Å². The molecule has 1 aliphatic carbocycles. The van der Waals surface area contributed by atoms with Gasteiger partial charge < -0.3 is 5.32 Å². The molecule has 0 aromatic carbocycles. The molecule has 0 aliphatic heterocycles. The molecule has 0 saturated carbocycles. The first-order valence-electron chi connectivity index (χ1n) is 6.96. The molecular formula is C15H21N3O2. The third kappa shape index (κ3) is 3.40. The monoisotopic (exact) mass is 275 g/mol. The predicted molar refractivity (Wildman–Crippen MR) is 76.5 cm³/mol. The second-order valence-corrected chi connectivity index (χ2v) is 6.64. The van der Waals surface area contributed by atoms with Gasteiger partial charge in [-0.15, -0.1) is 0 Å². The first-order valence-corrected chi connectivity index (χ1v) is 6.96. The first-order chi connectivity index (χ1) is 9.27. The second kappa shape index (κ2) is 5.31. The van der Waals surface area contributed by atoms with Crippen LogP contribution in [0.2, 0.25) is 0 Å². The van der Waals surface area contributed by atoms with Gasteiger partial charge in [0, 0.05) is 12.8 Å². The molecule has 108 valence electrons. The minimum atomic E-state index is -0.0979. The lowest BCUT2D eigenvalue weighted by Crippen LogP contribution is -2.29. The Morgan fingerprint density at radius 2 is 2.10 bits per heavy atom. The summed E-state index contributed by atoms with van der Waals surface area (Å²) in [7, 11) is 0. The van der Waals surface area contributed by atoms with E-state index < -0.39 is 0 Å². The Bertz CT molecular complexity index is 550. The third-order valence-electron chi connectivity index (χ3n) is 3.26. The molecule has 2 rings (SSSR count). The van der Waals surface area contributed by atoms with Crippen molar-refractivity contribution in [2.75, 3.05) is 5.32 Å². The molecule has 0 radical (unpaired) electrons. The van der Waals surface area contributed by atoms with E-state index in [1.807, 2.05) is 27.7 Å². The summed E-state index contributed by atoms with van der Waals surface area (Å²) in [4.78, 5) is 32.3. The normalized spacial score (nSPS) is 16.9. The van der Waals surface area contributed by atoms with Crippen molar-refractivity contribution in [2.24, 2.45) is 11.3 Å². The summed E-state index contributed by atoms with van der Waals surface area (Å²) in [5.41, 5.74) is 1.04. The maximum Gasteiger partial charge on any atom is 0.225 e. The number of hydrogen-bond donors (Lipinski definition) is 1. The highest BCUT2D eigenvalue weighted by molar-refractivity contribution is 5.97. The molecule has 1 aromatic heterocycles. The van der Waals surface area contributed by atoms with Crippen LogP contribution in [0, 0.1) is 11.3 Å². The number of ketones is 1. The lowest BCUT2D eigenvalue weighted by Gasteiger charge is -2.28. The zero-order valence-corrected chi connectivity index (χ0v) is 12.5. The van der Waals surface area contributed by atoms with Crippen molar-refractivity contribution in [3.8, 4) is 0 Å². The van der Waals surface area contributed by atoms with E-state index >= 15 is 0 Å². The Morgan fingerprint density at radius 1 is 1.40 bits per heavy atom. The van der Waals surface area contributed by atoms with E-state index in [0.717, 1.165) is 0 Å². The summed E-state index contributed by atoms with van der Waals surface area (Å²) in [6.45, 7) is 8.05. The smallest absolute Gasteiger partial charge is 0.225 e. The number of carbonyl (C=O) groups excluding carboxylic acids is 2. The molecule has 5 nitrogen and oxygen atoms in total. The molecule has 1 amide bonds. The molecule has 0 fully saturated rings. The number of amides is 1. The summed E-state index contributed by atoms with van der Waals surface area (Å²) < 4.78 is 0. The van der Waals surface area contributed by atoms with Gasteiger partial charge in [-0.3, -0.25) is 9.59 Å². The summed E-state index contributed by atoms with van der Waals surface area (Å²) in [5.74, 6) is 0.681. The summed E-state index contributed by atoms with van der Waals surface area (Å²) in [5, 5.41) is 2.74. The van der Waals surface area contributed by atoms with Gasteiger partial charge >= 0.3 is 0 Å². The van der Waals surface area contributed by atoms with Crippen molar-refractivity contribution in [2.45, 2.75) is 47.0 Å². The van der Waals surface area contributed by atoms with Crippen molar-refractivity contribution >= 4 is 17.5 Å². The minimum Gasteiger partial charge on any atom is -0.309 e. The molecule has 1 aromatic rings. The molecule has 0 spiro atoms. The van der Waals surface area contributed by atoms with Gasteiger partial charge in [0.15, 0.2) is 11.6 Å². The molecule has 1 aliphatic rings. The van der Waals surface area contributed by atoms with E-state index in [-0.39, 0.29) is 17.1 Å². The van der Waals surface area contributed by atoms with Crippen LogP contribution < -0.4 is 5.32 Å². The van der Waals surface area contributed by atoms with Crippen molar-refractivity contribution < 1.29 is 9.59 Å². The van der Waals surface area contributed by atoms with Crippen molar-refractivity contribution in [3.63, 3.8) is 0 Å². The van der Waals surface area contributed by atoms with Crippen molar-refractivity contribution in [3.05, 3.63) is 17.6 Å². The fraction of sp³-hybridized carbons (Fsp3) is 0.600. The van der Waals surface area contributed by atoms with Gasteiger partial charge in [0.05, 0.1) is 11.9 Å². The summed E-state index contributed by atoms with van der Waals surface area (Å²) >= 11 is 0. The molecule has 0 atom stereocenters. The molecule has 5 heteroatoms. The Hall–Kier alpha value is -1.78. The highest BCUT2D eigenvalue weighted by atomic mass is 16.1. The summed E-state index contributed by atoms with van der Waals surface area (Å²) in [6.07, 6.45) is 3.11. The lowest BCUT2D eigenvalue weighted by molar-refractivity contribution is -0.116. The van der Waals surface area contributed by atoms with Gasteiger partial charge in [-0.2, -0.15) is 0 Å². The van der Waals surface area contributed by atoms with Crippen LogP contribution in [0.15, 0.2) is 6.20 Å². The molecule has 1 heterocycles. The highest BCUT2D eigenvalue weighted by Crippen LogP contribution is 2.33. The van der Waals surface area contributed by atoms with Crippen molar-refractivity contribution in [1.82, 2.24) is 9.97 Å². The molecule has 0 saturated heterocycles. The van der Waals surface area contributed by atoms with Crippen LogP contribution in [0.3, 0.4) is 0 Å². The molecule has 1 N–H and O–H groups in total. The quantitative estimate of drug-likeness (QED) is 0.920. The lowest BCUT2D eigenvalue weighted by atomic mass is 9.77. The predicted octanol–water partition coefficient (Wildman–Crippen LogP) is 2.62. The number of carbonyl (C=O) groups is 2. The van der Waals surface area contributed by atoms with E-state index in [1.54, 1.807) is 0 Å². The Kier molecular flexibility index (Phi) is 3.88. The maximum absolute atomic E-state index is 12.0. The first kappa shape index (κ1) is 14.6. The Morgan fingerprint density at radius 3 is 2.75 bits per heavy atom. The number of rotatable bonds is 3. The van der Waals surface area contributed by atoms with Crippen LogP contribution in [-0.2, 0) is 11.2 Å². The number of Topliss-reactive ketones (excluding diaryl/α,β-unsaturated/α-hetero) is 1. The van der Waals surface area contributed by atoms with Gasteiger partial charge in [0.1, 0.15) is 5.69 Å². The van der Waals surface area contributed by atoms with Gasteiger partial charge in [-0.25, -0.2) is 9.97 Å². The highest BCUT2D eigenvalue weighted by Gasteiger charge is 2.33. The molecular weight excluding hydrogens is 254 g/mol. The number of nitrogens with one attached hydrogen (secondary N) is 1. The van der Waals surface area contributed by atoms with E-state index in [2.05, 4.69) is 15.3 Å². The topological polar surface area (TPSA) is 72.0 Å². The molecule has 0 bridgehead atoms. The zero-order chi connectivity index (χ0) is 14.9. The average Bonchev–Trinajstić information content (AvgIpc) is 2.24. The van der Waals surface area contributed by atoms with Gasteiger partial charge in [-0.1, -0.05) is 27.7 Å². The van der Waals surface area contributed by atoms with E-state index in [9.17, 15) is 9.59 Å². The average molecular weight is 275 g/mol. The summed E-state index contributed by atoms with van der Waals surface area (Å²) in [6, 6.07) is 0. The third-order valence-corrected chi connectivity index (χ3v) is 3.26. The number of hydrogen-bond acceptors (Lipinski definition) is 4. The number of fused-ring (bicyclic) bond motifs is 1. The van der Waals surface area contributed by atoms with E-state index in [1.165, 1.54) is 6.20 Å². The van der Waals surface area contributed by atoms with Gasteiger partial charge in [0.2, 0.25) is 5.91 Å². The fourth-order valence-corrected chi connectivity index (χ4v) is 2.44. The number of aromatic nitrogens is 2. The van der Waals surface area contributed by atoms with E-state index in [4.69, 9.17) is 0 Å². The fourth-order valence-electron chi connectivity index (χ4n) is 2.44. The van der Waals surface area contributed by atoms with Gasteiger partial charge in [-0.05, 0) is 17.8 Å². The van der Waals surface area contributed by atoms with E-state index in [0.29, 0.717) is 42.4 Å². The number of nitrogens with zero attached hydrogens (tertiary/aromatic N) is 2. The van der Waals surface area contributed by atoms with Crippen LogP contribution in [0.5, 0.6) is 0 Å². The Labute approximate surface area is 119 Å². The number of anilines is 1. The van der Waals surface area contributed by atoms with Crippen LogP contribution in [0.1, 0.15) is 56.7 Å². The van der Waals surface area contributed by atoms with Crippen molar-refractivity contribution in [1.29, 1.82) is 0 Å². The largest absolute Gasteiger partial charge is 0.309 e. The SMILES string of the molecule is CC(C)CC(=O)Nc1cnc2c(n1)CC(C)(C)CC2=O. The van der Waals surface area contributed by atoms with Crippen LogP contribution in [0.25, 0.3) is 0 Å².